The molecule has 0 spiro atoms. The summed E-state index contributed by atoms with van der Waals surface area (Å²) in [6, 6.07) is 4.01. The fraction of sp³-hybridized carbons (Fsp3) is 0.312. The lowest BCUT2D eigenvalue weighted by Gasteiger charge is -2.15. The van der Waals surface area contributed by atoms with Gasteiger partial charge in [0.05, 0.1) is 10.6 Å². The van der Waals surface area contributed by atoms with E-state index in [9.17, 15) is 21.6 Å². The number of imidazole rings is 1. The molecule has 156 valence electrons. The van der Waals surface area contributed by atoms with Crippen LogP contribution in [-0.4, -0.2) is 51.7 Å². The Balaban J connectivity index is 1.97. The number of nitrogens with one attached hydrogen (secondary N) is 1. The van der Waals surface area contributed by atoms with E-state index >= 15 is 0 Å². The first-order valence-electron chi connectivity index (χ1n) is 8.23. The molecule has 0 fully saturated rings. The summed E-state index contributed by atoms with van der Waals surface area (Å²) in [6.45, 7) is 2.16. The van der Waals surface area contributed by atoms with E-state index in [1.807, 2.05) is 0 Å². The molecule has 29 heavy (non-hydrogen) atoms. The van der Waals surface area contributed by atoms with Crippen LogP contribution in [0.15, 0.2) is 29.3 Å². The molecule has 9 nitrogen and oxygen atoms in total. The van der Waals surface area contributed by atoms with Gasteiger partial charge >= 0.3 is 6.18 Å². The topological polar surface area (TPSA) is 136 Å². The second-order valence-corrected chi connectivity index (χ2v) is 8.08. The number of benzene rings is 1. The summed E-state index contributed by atoms with van der Waals surface area (Å²) in [5, 5.41) is 9.01. The quantitative estimate of drug-likeness (QED) is 0.553. The highest BCUT2D eigenvalue weighted by Crippen LogP contribution is 2.27. The lowest BCUT2D eigenvalue weighted by molar-refractivity contribution is -0.200. The molecular formula is C16H17F3N6O3S. The highest BCUT2D eigenvalue weighted by atomic mass is 32.2. The summed E-state index contributed by atoms with van der Waals surface area (Å²) in [7, 11) is -4.31. The van der Waals surface area contributed by atoms with Gasteiger partial charge in [0.25, 0.3) is 0 Å². The molecule has 13 heteroatoms. The number of alkyl halides is 3. The van der Waals surface area contributed by atoms with Gasteiger partial charge in [0.15, 0.2) is 6.10 Å². The molecule has 0 saturated heterocycles. The number of aliphatic hydroxyl groups is 1. The van der Waals surface area contributed by atoms with E-state index in [1.54, 1.807) is 18.6 Å². The van der Waals surface area contributed by atoms with Gasteiger partial charge in [-0.1, -0.05) is 6.07 Å². The third kappa shape index (κ3) is 4.31. The highest BCUT2D eigenvalue weighted by molar-refractivity contribution is 7.89. The molecule has 3 aromatic rings. The van der Waals surface area contributed by atoms with Crippen molar-refractivity contribution in [1.29, 1.82) is 0 Å². The van der Waals surface area contributed by atoms with Crippen molar-refractivity contribution in [2.45, 2.75) is 31.0 Å². The fourth-order valence-corrected chi connectivity index (χ4v) is 3.63. The van der Waals surface area contributed by atoms with Gasteiger partial charge in [-0.15, -0.1) is 0 Å². The molecule has 0 aliphatic heterocycles. The fourth-order valence-electron chi connectivity index (χ4n) is 2.57. The van der Waals surface area contributed by atoms with Crippen molar-refractivity contribution >= 4 is 21.7 Å². The molecule has 2 aromatic heterocycles. The Morgan fingerprint density at radius 1 is 1.24 bits per heavy atom. The standard InChI is InChI=1S/C16H17F3N6O3S/c1-8-3-4-10(29(27,28)21-6-13(26)16(17,18)19)5-11(8)12-7-25-14(20)22-9(2)23-15(25)24-12/h3-5,7,13,21,26H,6H2,1-2H3,(H2,20,22,23,24). The highest BCUT2D eigenvalue weighted by Gasteiger charge is 2.38. The first-order valence-corrected chi connectivity index (χ1v) is 9.71. The number of sulfonamides is 1. The number of fused-ring (bicyclic) bond motifs is 1. The van der Waals surface area contributed by atoms with Crippen LogP contribution in [0.5, 0.6) is 0 Å². The summed E-state index contributed by atoms with van der Waals surface area (Å²) in [6.07, 6.45) is -6.22. The van der Waals surface area contributed by atoms with Crippen molar-refractivity contribution in [3.05, 3.63) is 35.8 Å². The normalized spacial score (nSPS) is 13.7. The van der Waals surface area contributed by atoms with E-state index in [1.165, 1.54) is 28.8 Å². The monoisotopic (exact) mass is 430 g/mol. The molecule has 3 rings (SSSR count). The summed E-state index contributed by atoms with van der Waals surface area (Å²) in [5.41, 5.74) is 7.30. The smallest absolute Gasteiger partial charge is 0.382 e. The minimum atomic E-state index is -4.93. The first-order chi connectivity index (χ1) is 13.4. The second-order valence-electron chi connectivity index (χ2n) is 6.31. The van der Waals surface area contributed by atoms with Crippen molar-refractivity contribution < 1.29 is 26.7 Å². The number of nitrogens with two attached hydrogens (primary N) is 1. The number of anilines is 1. The van der Waals surface area contributed by atoms with Gasteiger partial charge in [-0.05, 0) is 31.5 Å². The van der Waals surface area contributed by atoms with Crippen LogP contribution in [0.2, 0.25) is 0 Å². The van der Waals surface area contributed by atoms with Crippen LogP contribution in [0.1, 0.15) is 11.4 Å². The molecule has 4 N–H and O–H groups in total. The van der Waals surface area contributed by atoms with Crippen molar-refractivity contribution in [2.24, 2.45) is 0 Å². The number of halogens is 3. The number of nitrogens with zero attached hydrogens (tertiary/aromatic N) is 4. The van der Waals surface area contributed by atoms with E-state index in [4.69, 9.17) is 10.8 Å². The van der Waals surface area contributed by atoms with E-state index < -0.39 is 28.8 Å². The van der Waals surface area contributed by atoms with Gasteiger partial charge in [-0.25, -0.2) is 18.1 Å². The molecule has 0 aliphatic rings. The zero-order valence-electron chi connectivity index (χ0n) is 15.3. The van der Waals surface area contributed by atoms with Crippen LogP contribution in [0.25, 0.3) is 17.0 Å². The summed E-state index contributed by atoms with van der Waals surface area (Å²) >= 11 is 0. The Bertz CT molecular complexity index is 1180. The van der Waals surface area contributed by atoms with Crippen LogP contribution in [-0.2, 0) is 10.0 Å². The second kappa shape index (κ2) is 7.24. The van der Waals surface area contributed by atoms with Gasteiger partial charge in [0, 0.05) is 18.3 Å². The van der Waals surface area contributed by atoms with Crippen molar-refractivity contribution in [1.82, 2.24) is 24.1 Å². The van der Waals surface area contributed by atoms with Crippen LogP contribution < -0.4 is 10.5 Å². The minimum absolute atomic E-state index is 0.149. The Morgan fingerprint density at radius 2 is 1.93 bits per heavy atom. The predicted octanol–water partition coefficient (Wildman–Crippen LogP) is 1.19. The van der Waals surface area contributed by atoms with E-state index in [0.717, 1.165) is 0 Å². The van der Waals surface area contributed by atoms with E-state index in [0.29, 0.717) is 22.6 Å². The van der Waals surface area contributed by atoms with Crippen molar-refractivity contribution in [2.75, 3.05) is 12.3 Å². The molecule has 0 aliphatic carbocycles. The van der Waals surface area contributed by atoms with E-state index in [-0.39, 0.29) is 16.6 Å². The van der Waals surface area contributed by atoms with Crippen LogP contribution in [0.3, 0.4) is 0 Å². The molecule has 1 unspecified atom stereocenters. The van der Waals surface area contributed by atoms with Crippen molar-refractivity contribution in [3.63, 3.8) is 0 Å². The van der Waals surface area contributed by atoms with Crippen LogP contribution in [0.4, 0.5) is 19.1 Å². The number of aliphatic hydroxyl groups excluding tert-OH is 1. The zero-order chi connectivity index (χ0) is 21.6. The number of aryl methyl sites for hydroxylation is 2. The Kier molecular flexibility index (Phi) is 5.23. The lowest BCUT2D eigenvalue weighted by atomic mass is 10.1. The van der Waals surface area contributed by atoms with Gasteiger partial charge in [-0.3, -0.25) is 4.40 Å². The lowest BCUT2D eigenvalue weighted by Crippen LogP contribution is -2.40. The number of nitrogen functional groups attached to an aromatic ring is 1. The third-order valence-corrected chi connectivity index (χ3v) is 5.53. The SMILES string of the molecule is Cc1nc(N)n2cc(-c3cc(S(=O)(=O)NCC(O)C(F)(F)F)ccc3C)nc2n1. The number of hydrogen-bond donors (Lipinski definition) is 3. The van der Waals surface area contributed by atoms with Crippen LogP contribution >= 0.6 is 0 Å². The molecular weight excluding hydrogens is 413 g/mol. The summed E-state index contributed by atoms with van der Waals surface area (Å²) in [4.78, 5) is 12.2. The van der Waals surface area contributed by atoms with Gasteiger partial charge < -0.3 is 10.8 Å². The summed E-state index contributed by atoms with van der Waals surface area (Å²) in [5.74, 6) is 0.826. The zero-order valence-corrected chi connectivity index (χ0v) is 16.1. The molecule has 1 atom stereocenters. The largest absolute Gasteiger partial charge is 0.415 e. The van der Waals surface area contributed by atoms with E-state index in [2.05, 4.69) is 15.0 Å². The molecule has 0 bridgehead atoms. The van der Waals surface area contributed by atoms with Crippen molar-refractivity contribution in [3.8, 4) is 11.3 Å². The molecule has 1 aromatic carbocycles. The Labute approximate surface area is 163 Å². The van der Waals surface area contributed by atoms with Gasteiger partial charge in [0.2, 0.25) is 21.7 Å². The third-order valence-electron chi connectivity index (χ3n) is 4.11. The predicted molar refractivity (Wildman–Crippen MR) is 97.4 cm³/mol. The average Bonchev–Trinajstić information content (AvgIpc) is 3.03. The Morgan fingerprint density at radius 3 is 2.59 bits per heavy atom. The molecule has 0 amide bonds. The number of hydrogen-bond acceptors (Lipinski definition) is 7. The first kappa shape index (κ1) is 21.0. The summed E-state index contributed by atoms with van der Waals surface area (Å²) < 4.78 is 65.2. The molecule has 2 heterocycles. The van der Waals surface area contributed by atoms with Crippen LogP contribution in [0, 0.1) is 13.8 Å². The maximum atomic E-state index is 12.4. The Hall–Kier alpha value is -2.77. The van der Waals surface area contributed by atoms with Gasteiger partial charge in [0.1, 0.15) is 5.82 Å². The maximum Gasteiger partial charge on any atom is 0.415 e. The molecule has 0 saturated carbocycles. The molecule has 0 radical (unpaired) electrons. The minimum Gasteiger partial charge on any atom is -0.382 e. The number of rotatable bonds is 5. The van der Waals surface area contributed by atoms with Gasteiger partial charge in [-0.2, -0.15) is 23.1 Å². The average molecular weight is 430 g/mol. The maximum absolute atomic E-state index is 12.4. The number of aromatic nitrogens is 4.